The Morgan fingerprint density at radius 3 is 2.68 bits per heavy atom. The Hall–Kier alpha value is -3.08. The molecular weight excluding hydrogens is 281 g/mol. The number of carbonyl (C=O) groups is 1. The van der Waals surface area contributed by atoms with Gasteiger partial charge in [-0.05, 0) is 24.3 Å². The third-order valence-electron chi connectivity index (χ3n) is 3.10. The van der Waals surface area contributed by atoms with Gasteiger partial charge in [-0.3, -0.25) is 4.79 Å². The summed E-state index contributed by atoms with van der Waals surface area (Å²) in [6.07, 6.45) is 1.42. The van der Waals surface area contributed by atoms with Crippen LogP contribution in [0, 0.1) is 5.82 Å². The van der Waals surface area contributed by atoms with Crippen LogP contribution in [0.5, 0.6) is 0 Å². The van der Waals surface area contributed by atoms with Gasteiger partial charge in [0.05, 0.1) is 23.0 Å². The molecule has 0 saturated heterocycles. The van der Waals surface area contributed by atoms with Gasteiger partial charge < -0.3 is 0 Å². The van der Waals surface area contributed by atoms with Crippen molar-refractivity contribution in [2.75, 3.05) is 0 Å². The molecule has 0 saturated carbocycles. The van der Waals surface area contributed by atoms with E-state index in [0.29, 0.717) is 5.69 Å². The molecule has 22 heavy (non-hydrogen) atoms. The summed E-state index contributed by atoms with van der Waals surface area (Å²) in [6, 6.07) is 17.1. The molecule has 0 radical (unpaired) electrons. The van der Waals surface area contributed by atoms with Gasteiger partial charge in [-0.2, -0.15) is 5.10 Å². The van der Waals surface area contributed by atoms with Crippen LogP contribution in [0.1, 0.15) is 16.1 Å². The van der Waals surface area contributed by atoms with Crippen LogP contribution >= 0.6 is 0 Å². The first kappa shape index (κ1) is 13.9. The maximum Gasteiger partial charge on any atom is 0.274 e. The summed E-state index contributed by atoms with van der Waals surface area (Å²) < 4.78 is 13.4. The molecule has 1 heterocycles. The van der Waals surface area contributed by atoms with Crippen molar-refractivity contribution in [1.82, 2.24) is 10.4 Å². The molecule has 0 atom stereocenters. The van der Waals surface area contributed by atoms with Gasteiger partial charge in [0.15, 0.2) is 0 Å². The molecule has 2 aromatic carbocycles. The Morgan fingerprint density at radius 2 is 1.82 bits per heavy atom. The van der Waals surface area contributed by atoms with Crippen LogP contribution in [-0.2, 0) is 0 Å². The van der Waals surface area contributed by atoms with E-state index in [9.17, 15) is 9.18 Å². The SMILES string of the molecule is O=C(N/N=C/c1ccc2ccccc2n1)c1ccccc1F. The average molecular weight is 293 g/mol. The van der Waals surface area contributed by atoms with Crippen molar-refractivity contribution in [3.8, 4) is 0 Å². The van der Waals surface area contributed by atoms with Crippen molar-refractivity contribution in [2.45, 2.75) is 0 Å². The Balaban J connectivity index is 1.73. The van der Waals surface area contributed by atoms with Crippen LogP contribution in [0.2, 0.25) is 0 Å². The number of fused-ring (bicyclic) bond motifs is 1. The quantitative estimate of drug-likeness (QED) is 0.596. The lowest BCUT2D eigenvalue weighted by molar-refractivity contribution is 0.0951. The maximum atomic E-state index is 13.4. The Bertz CT molecular complexity index is 861. The molecule has 1 N–H and O–H groups in total. The second-order valence-corrected chi connectivity index (χ2v) is 4.61. The maximum absolute atomic E-state index is 13.4. The van der Waals surface area contributed by atoms with Gasteiger partial charge >= 0.3 is 0 Å². The predicted molar refractivity (Wildman–Crippen MR) is 83.2 cm³/mol. The topological polar surface area (TPSA) is 54.4 Å². The summed E-state index contributed by atoms with van der Waals surface area (Å²) in [5, 5.41) is 4.84. The number of pyridine rings is 1. The predicted octanol–water partition coefficient (Wildman–Crippen LogP) is 3.14. The van der Waals surface area contributed by atoms with Gasteiger partial charge in [0.1, 0.15) is 5.82 Å². The van der Waals surface area contributed by atoms with Crippen molar-refractivity contribution in [3.05, 3.63) is 77.7 Å². The fourth-order valence-electron chi connectivity index (χ4n) is 2.02. The smallest absolute Gasteiger partial charge is 0.267 e. The van der Waals surface area contributed by atoms with Crippen LogP contribution in [-0.4, -0.2) is 17.1 Å². The minimum Gasteiger partial charge on any atom is -0.267 e. The lowest BCUT2D eigenvalue weighted by Gasteiger charge is -2.01. The zero-order chi connectivity index (χ0) is 15.4. The van der Waals surface area contributed by atoms with E-state index in [0.717, 1.165) is 10.9 Å². The molecule has 0 spiro atoms. The molecule has 3 aromatic rings. The molecular formula is C17H12FN3O. The molecule has 0 fully saturated rings. The van der Waals surface area contributed by atoms with E-state index in [4.69, 9.17) is 0 Å². The van der Waals surface area contributed by atoms with E-state index >= 15 is 0 Å². The van der Waals surface area contributed by atoms with E-state index in [1.165, 1.54) is 24.4 Å². The second kappa shape index (κ2) is 6.13. The summed E-state index contributed by atoms with van der Waals surface area (Å²) in [4.78, 5) is 16.2. The number of rotatable bonds is 3. The molecule has 5 heteroatoms. The number of halogens is 1. The van der Waals surface area contributed by atoms with E-state index < -0.39 is 11.7 Å². The Kier molecular flexibility index (Phi) is 3.87. The highest BCUT2D eigenvalue weighted by Crippen LogP contribution is 2.10. The van der Waals surface area contributed by atoms with Gasteiger partial charge in [0, 0.05) is 5.39 Å². The van der Waals surface area contributed by atoms with Gasteiger partial charge in [-0.1, -0.05) is 36.4 Å². The number of hydrazone groups is 1. The highest BCUT2D eigenvalue weighted by atomic mass is 19.1. The first-order chi connectivity index (χ1) is 10.7. The molecule has 4 nitrogen and oxygen atoms in total. The van der Waals surface area contributed by atoms with Crippen LogP contribution in [0.25, 0.3) is 10.9 Å². The molecule has 1 aromatic heterocycles. The highest BCUT2D eigenvalue weighted by molar-refractivity contribution is 5.95. The fraction of sp³-hybridized carbons (Fsp3) is 0. The fourth-order valence-corrected chi connectivity index (χ4v) is 2.02. The lowest BCUT2D eigenvalue weighted by Crippen LogP contribution is -2.19. The van der Waals surface area contributed by atoms with E-state index in [2.05, 4.69) is 15.5 Å². The third kappa shape index (κ3) is 2.98. The first-order valence-electron chi connectivity index (χ1n) is 6.68. The van der Waals surface area contributed by atoms with Gasteiger partial charge in [0.25, 0.3) is 5.91 Å². The van der Waals surface area contributed by atoms with Gasteiger partial charge in [-0.15, -0.1) is 0 Å². The molecule has 3 rings (SSSR count). The zero-order valence-corrected chi connectivity index (χ0v) is 11.5. The summed E-state index contributed by atoms with van der Waals surface area (Å²) in [7, 11) is 0. The molecule has 0 aliphatic rings. The number of carbonyl (C=O) groups excluding carboxylic acids is 1. The number of aromatic nitrogens is 1. The van der Waals surface area contributed by atoms with Crippen LogP contribution in [0.4, 0.5) is 4.39 Å². The summed E-state index contributed by atoms with van der Waals surface area (Å²) >= 11 is 0. The number of benzene rings is 2. The number of para-hydroxylation sites is 1. The monoisotopic (exact) mass is 293 g/mol. The number of nitrogens with one attached hydrogen (secondary N) is 1. The van der Waals surface area contributed by atoms with Crippen LogP contribution in [0.15, 0.2) is 65.8 Å². The first-order valence-corrected chi connectivity index (χ1v) is 6.68. The van der Waals surface area contributed by atoms with Crippen molar-refractivity contribution in [1.29, 1.82) is 0 Å². The Morgan fingerprint density at radius 1 is 1.05 bits per heavy atom. The molecule has 0 bridgehead atoms. The minimum atomic E-state index is -0.602. The van der Waals surface area contributed by atoms with Crippen molar-refractivity contribution >= 4 is 23.0 Å². The van der Waals surface area contributed by atoms with Crippen molar-refractivity contribution in [3.63, 3.8) is 0 Å². The van der Waals surface area contributed by atoms with E-state index in [1.807, 2.05) is 30.3 Å². The average Bonchev–Trinajstić information content (AvgIpc) is 2.55. The van der Waals surface area contributed by atoms with Crippen molar-refractivity contribution < 1.29 is 9.18 Å². The summed E-state index contributed by atoms with van der Waals surface area (Å²) in [5.41, 5.74) is 3.68. The van der Waals surface area contributed by atoms with Gasteiger partial charge in [-0.25, -0.2) is 14.8 Å². The van der Waals surface area contributed by atoms with E-state index in [1.54, 1.807) is 12.1 Å². The van der Waals surface area contributed by atoms with Crippen LogP contribution < -0.4 is 5.43 Å². The second-order valence-electron chi connectivity index (χ2n) is 4.61. The normalized spacial score (nSPS) is 11.0. The van der Waals surface area contributed by atoms with E-state index in [-0.39, 0.29) is 5.56 Å². The molecule has 1 amide bonds. The molecule has 0 aliphatic carbocycles. The number of hydrogen-bond acceptors (Lipinski definition) is 3. The van der Waals surface area contributed by atoms with Crippen LogP contribution in [0.3, 0.4) is 0 Å². The third-order valence-corrected chi connectivity index (χ3v) is 3.10. The highest BCUT2D eigenvalue weighted by Gasteiger charge is 2.09. The minimum absolute atomic E-state index is 0.0499. The lowest BCUT2D eigenvalue weighted by atomic mass is 10.2. The molecule has 0 unspecified atom stereocenters. The Labute approximate surface area is 126 Å². The largest absolute Gasteiger partial charge is 0.274 e. The number of nitrogens with zero attached hydrogens (tertiary/aromatic N) is 2. The number of amides is 1. The molecule has 108 valence electrons. The summed E-state index contributed by atoms with van der Waals surface area (Å²) in [5.74, 6) is -1.19. The van der Waals surface area contributed by atoms with Crippen molar-refractivity contribution in [2.24, 2.45) is 5.10 Å². The summed E-state index contributed by atoms with van der Waals surface area (Å²) in [6.45, 7) is 0. The van der Waals surface area contributed by atoms with Gasteiger partial charge in [0.2, 0.25) is 0 Å². The molecule has 0 aliphatic heterocycles. The number of hydrogen-bond donors (Lipinski definition) is 1. The standard InChI is InChI=1S/C17H12FN3O/c18-15-7-3-2-6-14(15)17(22)21-19-11-13-10-9-12-5-1-4-8-16(12)20-13/h1-11H,(H,21,22)/b19-11+. The zero-order valence-electron chi connectivity index (χ0n) is 11.5.